The van der Waals surface area contributed by atoms with Gasteiger partial charge < -0.3 is 24.2 Å². The molecule has 1 amide bonds. The van der Waals surface area contributed by atoms with E-state index in [1.807, 2.05) is 42.5 Å². The van der Waals surface area contributed by atoms with Gasteiger partial charge in [-0.1, -0.05) is 66.2 Å². The number of fused-ring (bicyclic) bond motifs is 2. The molecule has 2 saturated heterocycles. The molecule has 11 heteroatoms. The molecule has 51 heavy (non-hydrogen) atoms. The van der Waals surface area contributed by atoms with Crippen LogP contribution in [0.1, 0.15) is 55.8 Å². The molecule has 1 unspecified atom stereocenters. The van der Waals surface area contributed by atoms with Crippen molar-refractivity contribution in [2.24, 2.45) is 0 Å². The smallest absolute Gasteiger partial charge is 0.410 e. The summed E-state index contributed by atoms with van der Waals surface area (Å²) >= 11 is 6.77. The Balaban J connectivity index is 1.07. The number of nitrogens with zero attached hydrogens (tertiary/aromatic N) is 7. The van der Waals surface area contributed by atoms with Gasteiger partial charge in [0.05, 0.1) is 41.3 Å². The Bertz CT molecular complexity index is 1940. The number of rotatable bonds is 9. The molecule has 2 atom stereocenters. The van der Waals surface area contributed by atoms with E-state index in [1.165, 1.54) is 12.8 Å². The normalized spacial score (nSPS) is 21.3. The molecule has 264 valence electrons. The zero-order chi connectivity index (χ0) is 35.0. The number of likely N-dealkylation sites (tertiary alicyclic amines) is 1. The van der Waals surface area contributed by atoms with Crippen molar-refractivity contribution in [1.82, 2.24) is 19.8 Å². The first-order valence-corrected chi connectivity index (χ1v) is 18.6. The summed E-state index contributed by atoms with van der Waals surface area (Å²) in [4.78, 5) is 32.4. The molecule has 4 aliphatic rings. The van der Waals surface area contributed by atoms with Crippen LogP contribution >= 0.6 is 11.6 Å². The summed E-state index contributed by atoms with van der Waals surface area (Å²) < 4.78 is 12.3. The summed E-state index contributed by atoms with van der Waals surface area (Å²) in [6.45, 7) is 7.00. The molecule has 10 nitrogen and oxygen atoms in total. The van der Waals surface area contributed by atoms with E-state index in [2.05, 4.69) is 52.0 Å². The minimum atomic E-state index is -0.400. The first-order valence-electron chi connectivity index (χ1n) is 18.2. The van der Waals surface area contributed by atoms with Crippen molar-refractivity contribution < 1.29 is 14.3 Å². The van der Waals surface area contributed by atoms with Crippen LogP contribution in [0.4, 0.5) is 16.3 Å². The molecule has 4 aromatic rings. The largest absolute Gasteiger partial charge is 0.461 e. The molecule has 4 heterocycles. The van der Waals surface area contributed by atoms with Crippen molar-refractivity contribution in [2.45, 2.75) is 76.2 Å². The van der Waals surface area contributed by atoms with Gasteiger partial charge in [0.1, 0.15) is 19.0 Å². The topological polar surface area (TPSA) is 98.1 Å². The first kappa shape index (κ1) is 33.5. The maximum absolute atomic E-state index is 13.3. The van der Waals surface area contributed by atoms with Crippen LogP contribution in [0.3, 0.4) is 0 Å². The Morgan fingerprint density at radius 3 is 2.59 bits per heavy atom. The summed E-state index contributed by atoms with van der Waals surface area (Å²) in [6, 6.07) is 24.9. The second-order valence-electron chi connectivity index (χ2n) is 14.4. The molecule has 0 radical (unpaired) electrons. The summed E-state index contributed by atoms with van der Waals surface area (Å²) in [5.74, 6) is 0.838. The van der Waals surface area contributed by atoms with Crippen molar-refractivity contribution in [1.29, 1.82) is 5.26 Å². The number of ether oxygens (including phenoxy) is 2. The summed E-state index contributed by atoms with van der Waals surface area (Å²) in [5.41, 5.74) is 4.10. The highest BCUT2D eigenvalue weighted by Crippen LogP contribution is 2.46. The number of aromatic nitrogens is 2. The average Bonchev–Trinajstić information content (AvgIpc) is 3.82. The van der Waals surface area contributed by atoms with E-state index >= 15 is 0 Å². The lowest BCUT2D eigenvalue weighted by Crippen LogP contribution is -2.55. The van der Waals surface area contributed by atoms with Gasteiger partial charge in [-0.25, -0.2) is 4.79 Å². The monoisotopic (exact) mass is 705 g/mol. The molecule has 1 aromatic heterocycles. The van der Waals surface area contributed by atoms with Crippen LogP contribution in [0.5, 0.6) is 6.01 Å². The highest BCUT2D eigenvalue weighted by molar-refractivity contribution is 6.36. The molecule has 8 rings (SSSR count). The van der Waals surface area contributed by atoms with Gasteiger partial charge >= 0.3 is 12.1 Å². The Hall–Kier alpha value is -4.59. The number of hydrogen-bond acceptors (Lipinski definition) is 9. The van der Waals surface area contributed by atoms with Gasteiger partial charge in [0.15, 0.2) is 0 Å². The average molecular weight is 706 g/mol. The summed E-state index contributed by atoms with van der Waals surface area (Å²) in [6.07, 6.45) is 5.24. The van der Waals surface area contributed by atoms with E-state index in [0.717, 1.165) is 76.5 Å². The molecule has 0 bridgehead atoms. The number of carbonyl (C=O) groups excluding carboxylic acids is 1. The van der Waals surface area contributed by atoms with Crippen molar-refractivity contribution in [3.05, 3.63) is 88.6 Å². The van der Waals surface area contributed by atoms with Crippen LogP contribution in [-0.4, -0.2) is 82.8 Å². The van der Waals surface area contributed by atoms with E-state index in [9.17, 15) is 10.1 Å². The van der Waals surface area contributed by atoms with Crippen LogP contribution in [0.15, 0.2) is 66.7 Å². The van der Waals surface area contributed by atoms with E-state index in [1.54, 1.807) is 4.90 Å². The van der Waals surface area contributed by atoms with Gasteiger partial charge in [0.25, 0.3) is 0 Å². The Labute approximate surface area is 304 Å². The van der Waals surface area contributed by atoms with Crippen LogP contribution in [0.2, 0.25) is 5.02 Å². The fraction of sp³-hybridized carbons (Fsp3) is 0.450. The van der Waals surface area contributed by atoms with Gasteiger partial charge in [-0.3, -0.25) is 4.90 Å². The van der Waals surface area contributed by atoms with Gasteiger partial charge in [0.2, 0.25) is 0 Å². The molecule has 1 saturated carbocycles. The number of carbonyl (C=O) groups is 1. The summed E-state index contributed by atoms with van der Waals surface area (Å²) in [7, 11) is 0. The summed E-state index contributed by atoms with van der Waals surface area (Å²) in [5, 5.41) is 12.7. The van der Waals surface area contributed by atoms with Crippen LogP contribution in [0.25, 0.3) is 10.8 Å². The van der Waals surface area contributed by atoms with Crippen molar-refractivity contribution in [2.75, 3.05) is 49.1 Å². The highest BCUT2D eigenvalue weighted by atomic mass is 35.5. The SMILES string of the molecule is CC1CCCN1C1(COc2nc3c(c(N4CCN(C(=O)OCc5ccccc5)[C@@H](CC#N)C4)n2)CCN(c2cccc4cccc(Cl)c24)C3)CC1. The van der Waals surface area contributed by atoms with Gasteiger partial charge in [-0.15, -0.1) is 0 Å². The minimum absolute atomic E-state index is 0.0602. The fourth-order valence-corrected chi connectivity index (χ4v) is 8.60. The van der Waals surface area contributed by atoms with E-state index < -0.39 is 6.09 Å². The predicted octanol–water partition coefficient (Wildman–Crippen LogP) is 6.98. The van der Waals surface area contributed by atoms with Gasteiger partial charge in [-0.05, 0) is 68.7 Å². The minimum Gasteiger partial charge on any atom is -0.461 e. The maximum atomic E-state index is 13.3. The lowest BCUT2D eigenvalue weighted by atomic mass is 10.0. The van der Waals surface area contributed by atoms with Crippen LogP contribution < -0.4 is 14.5 Å². The molecular weight excluding hydrogens is 662 g/mol. The Morgan fingerprint density at radius 2 is 1.82 bits per heavy atom. The van der Waals surface area contributed by atoms with Crippen molar-refractivity contribution >= 4 is 40.0 Å². The van der Waals surface area contributed by atoms with Gasteiger partial charge in [-0.2, -0.15) is 15.2 Å². The van der Waals surface area contributed by atoms with E-state index in [4.69, 9.17) is 31.0 Å². The zero-order valence-corrected chi connectivity index (χ0v) is 29.9. The molecule has 3 aliphatic heterocycles. The second-order valence-corrected chi connectivity index (χ2v) is 14.8. The number of piperazine rings is 1. The quantitative estimate of drug-likeness (QED) is 0.183. The number of hydrogen-bond donors (Lipinski definition) is 0. The molecule has 0 N–H and O–H groups in total. The molecule has 3 fully saturated rings. The van der Waals surface area contributed by atoms with Crippen molar-refractivity contribution in [3.8, 4) is 12.1 Å². The number of nitriles is 1. The molecule has 3 aromatic carbocycles. The molecule has 1 aliphatic carbocycles. The first-order chi connectivity index (χ1) is 24.9. The second kappa shape index (κ2) is 14.2. The van der Waals surface area contributed by atoms with Crippen LogP contribution in [0, 0.1) is 11.3 Å². The number of benzene rings is 3. The molecular formula is C40H44ClN7O3. The standard InChI is InChI=1S/C40H44ClN7O3/c1-28-8-7-20-48(28)40(17-18-40)27-51-38-43-34-25-45(35-14-6-12-30-11-5-13-33(41)36(30)35)21-16-32(34)37(44-38)46-22-23-47(31(24-46)15-19-42)39(49)50-26-29-9-3-2-4-10-29/h2-6,9-14,28,31H,7-8,15-18,20-27H2,1H3/t28?,31-/m0/s1. The van der Waals surface area contributed by atoms with Crippen LogP contribution in [-0.2, 0) is 24.3 Å². The third-order valence-corrected chi connectivity index (χ3v) is 11.5. The number of anilines is 2. The predicted molar refractivity (Wildman–Crippen MR) is 198 cm³/mol. The fourth-order valence-electron chi connectivity index (χ4n) is 8.33. The zero-order valence-electron chi connectivity index (χ0n) is 29.1. The third kappa shape index (κ3) is 6.77. The maximum Gasteiger partial charge on any atom is 0.410 e. The van der Waals surface area contributed by atoms with Crippen molar-refractivity contribution in [3.63, 3.8) is 0 Å². The Kier molecular flexibility index (Phi) is 9.34. The number of amides is 1. The van der Waals surface area contributed by atoms with E-state index in [-0.39, 0.29) is 24.6 Å². The lowest BCUT2D eigenvalue weighted by molar-refractivity contribution is 0.0767. The number of halogens is 1. The lowest BCUT2D eigenvalue weighted by Gasteiger charge is -2.42. The third-order valence-electron chi connectivity index (χ3n) is 11.2. The molecule has 0 spiro atoms. The van der Waals surface area contributed by atoms with E-state index in [0.29, 0.717) is 44.8 Å². The van der Waals surface area contributed by atoms with Gasteiger partial charge in [0, 0.05) is 48.9 Å². The highest BCUT2D eigenvalue weighted by Gasteiger charge is 2.51. The Morgan fingerprint density at radius 1 is 1.00 bits per heavy atom.